The van der Waals surface area contributed by atoms with E-state index in [4.69, 9.17) is 0 Å². The lowest BCUT2D eigenvalue weighted by Gasteiger charge is -2.11. The molecule has 2 atom stereocenters. The van der Waals surface area contributed by atoms with Crippen molar-refractivity contribution in [3.63, 3.8) is 0 Å². The van der Waals surface area contributed by atoms with Crippen molar-refractivity contribution in [3.05, 3.63) is 34.9 Å². The van der Waals surface area contributed by atoms with Gasteiger partial charge in [0.05, 0.1) is 6.04 Å². The van der Waals surface area contributed by atoms with Gasteiger partial charge >= 0.3 is 0 Å². The lowest BCUT2D eigenvalue weighted by molar-refractivity contribution is 0.153. The standard InChI is InChI=1S/C12H16N2O/c15-12-7-11(13-14-12)10-5-4-8-2-1-3-9(8)6-10/h4-6,11-15H,1-3,7H2. The molecule has 2 aliphatic rings. The van der Waals surface area contributed by atoms with E-state index in [-0.39, 0.29) is 6.04 Å². The zero-order chi connectivity index (χ0) is 10.3. The minimum atomic E-state index is -0.414. The van der Waals surface area contributed by atoms with E-state index in [0.29, 0.717) is 0 Å². The highest BCUT2D eigenvalue weighted by atomic mass is 16.3. The van der Waals surface area contributed by atoms with Crippen molar-refractivity contribution in [2.75, 3.05) is 0 Å². The summed E-state index contributed by atoms with van der Waals surface area (Å²) in [6.07, 6.45) is 4.07. The second-order valence-electron chi connectivity index (χ2n) is 4.47. The molecule has 3 nitrogen and oxygen atoms in total. The quantitative estimate of drug-likeness (QED) is 0.640. The first-order chi connectivity index (χ1) is 7.33. The Morgan fingerprint density at radius 3 is 2.80 bits per heavy atom. The highest BCUT2D eigenvalue weighted by Crippen LogP contribution is 2.28. The van der Waals surface area contributed by atoms with Crippen molar-refractivity contribution in [3.8, 4) is 0 Å². The van der Waals surface area contributed by atoms with Crippen LogP contribution in [0.4, 0.5) is 0 Å². The second-order valence-corrected chi connectivity index (χ2v) is 4.47. The molecule has 1 heterocycles. The van der Waals surface area contributed by atoms with E-state index in [1.54, 1.807) is 0 Å². The van der Waals surface area contributed by atoms with Gasteiger partial charge in [-0.05, 0) is 36.0 Å². The number of aryl methyl sites for hydroxylation is 2. The molecule has 0 amide bonds. The van der Waals surface area contributed by atoms with Gasteiger partial charge in [-0.25, -0.2) is 10.9 Å². The van der Waals surface area contributed by atoms with Gasteiger partial charge in [0.2, 0.25) is 0 Å². The summed E-state index contributed by atoms with van der Waals surface area (Å²) < 4.78 is 0. The number of benzene rings is 1. The summed E-state index contributed by atoms with van der Waals surface area (Å²) >= 11 is 0. The Balaban J connectivity index is 1.87. The third kappa shape index (κ3) is 1.67. The zero-order valence-corrected chi connectivity index (χ0v) is 8.66. The van der Waals surface area contributed by atoms with Crippen LogP contribution in [-0.4, -0.2) is 11.3 Å². The molecular weight excluding hydrogens is 188 g/mol. The molecule has 1 aromatic rings. The molecule has 0 aromatic heterocycles. The molecule has 3 heteroatoms. The van der Waals surface area contributed by atoms with Gasteiger partial charge in [0.15, 0.2) is 0 Å². The molecule has 1 aromatic carbocycles. The molecular formula is C12H16N2O. The van der Waals surface area contributed by atoms with Gasteiger partial charge < -0.3 is 5.11 Å². The molecule has 0 saturated carbocycles. The first-order valence-corrected chi connectivity index (χ1v) is 5.64. The summed E-state index contributed by atoms with van der Waals surface area (Å²) in [4.78, 5) is 0. The average Bonchev–Trinajstić information content (AvgIpc) is 2.84. The minimum Gasteiger partial charge on any atom is -0.377 e. The monoisotopic (exact) mass is 204 g/mol. The van der Waals surface area contributed by atoms with E-state index >= 15 is 0 Å². The minimum absolute atomic E-state index is 0.255. The van der Waals surface area contributed by atoms with Crippen molar-refractivity contribution in [2.45, 2.75) is 38.0 Å². The number of fused-ring (bicyclic) bond motifs is 1. The summed E-state index contributed by atoms with van der Waals surface area (Å²) in [5.74, 6) is 0. The maximum atomic E-state index is 9.38. The van der Waals surface area contributed by atoms with Crippen LogP contribution in [0.1, 0.15) is 35.6 Å². The molecule has 1 saturated heterocycles. The maximum absolute atomic E-state index is 9.38. The van der Waals surface area contributed by atoms with Crippen molar-refractivity contribution in [1.29, 1.82) is 0 Å². The number of nitrogens with one attached hydrogen (secondary N) is 2. The first kappa shape index (κ1) is 9.33. The summed E-state index contributed by atoms with van der Waals surface area (Å²) in [5.41, 5.74) is 10.2. The van der Waals surface area contributed by atoms with Crippen LogP contribution >= 0.6 is 0 Å². The summed E-state index contributed by atoms with van der Waals surface area (Å²) in [6.45, 7) is 0. The Bertz CT molecular complexity index is 378. The third-order valence-electron chi connectivity index (χ3n) is 3.41. The van der Waals surface area contributed by atoms with Gasteiger partial charge in [0, 0.05) is 6.42 Å². The van der Waals surface area contributed by atoms with E-state index in [0.717, 1.165) is 6.42 Å². The highest BCUT2D eigenvalue weighted by Gasteiger charge is 2.23. The van der Waals surface area contributed by atoms with E-state index in [2.05, 4.69) is 29.1 Å². The predicted molar refractivity (Wildman–Crippen MR) is 58.1 cm³/mol. The molecule has 1 fully saturated rings. The molecule has 0 radical (unpaired) electrons. The van der Waals surface area contributed by atoms with E-state index in [1.807, 2.05) is 0 Å². The van der Waals surface area contributed by atoms with Crippen molar-refractivity contribution in [1.82, 2.24) is 10.9 Å². The van der Waals surface area contributed by atoms with Crippen LogP contribution in [0.25, 0.3) is 0 Å². The summed E-state index contributed by atoms with van der Waals surface area (Å²) in [5, 5.41) is 9.38. The SMILES string of the molecule is OC1CC(c2ccc3c(c2)CCC3)NN1. The number of aliphatic hydroxyl groups is 1. The number of aliphatic hydroxyl groups excluding tert-OH is 1. The van der Waals surface area contributed by atoms with Gasteiger partial charge in [-0.2, -0.15) is 0 Å². The molecule has 80 valence electrons. The highest BCUT2D eigenvalue weighted by molar-refractivity contribution is 5.36. The van der Waals surface area contributed by atoms with Crippen LogP contribution in [0, 0.1) is 0 Å². The lowest BCUT2D eigenvalue weighted by Crippen LogP contribution is -2.30. The first-order valence-electron chi connectivity index (χ1n) is 5.64. The number of hydrogen-bond donors (Lipinski definition) is 3. The number of hydrogen-bond acceptors (Lipinski definition) is 3. The number of hydrazine groups is 1. The van der Waals surface area contributed by atoms with Gasteiger partial charge in [-0.3, -0.25) is 0 Å². The second kappa shape index (κ2) is 3.59. The Morgan fingerprint density at radius 1 is 1.13 bits per heavy atom. The Kier molecular flexibility index (Phi) is 2.24. The largest absolute Gasteiger partial charge is 0.377 e. The Labute approximate surface area is 89.5 Å². The van der Waals surface area contributed by atoms with Crippen LogP contribution < -0.4 is 10.9 Å². The molecule has 3 rings (SSSR count). The van der Waals surface area contributed by atoms with Gasteiger partial charge in [0.1, 0.15) is 6.23 Å². The van der Waals surface area contributed by atoms with Crippen molar-refractivity contribution in [2.24, 2.45) is 0 Å². The normalized spacial score (nSPS) is 29.4. The Morgan fingerprint density at radius 2 is 2.00 bits per heavy atom. The topological polar surface area (TPSA) is 44.3 Å². The van der Waals surface area contributed by atoms with E-state index < -0.39 is 6.23 Å². The lowest BCUT2D eigenvalue weighted by atomic mass is 10.00. The van der Waals surface area contributed by atoms with Gasteiger partial charge in [-0.1, -0.05) is 18.2 Å². The Hall–Kier alpha value is -0.900. The summed E-state index contributed by atoms with van der Waals surface area (Å²) in [6, 6.07) is 6.97. The predicted octanol–water partition coefficient (Wildman–Crippen LogP) is 1.03. The fraction of sp³-hybridized carbons (Fsp3) is 0.500. The third-order valence-corrected chi connectivity index (χ3v) is 3.41. The van der Waals surface area contributed by atoms with Crippen LogP contribution in [-0.2, 0) is 12.8 Å². The van der Waals surface area contributed by atoms with Crippen LogP contribution in [0.15, 0.2) is 18.2 Å². The molecule has 0 spiro atoms. The smallest absolute Gasteiger partial charge is 0.119 e. The van der Waals surface area contributed by atoms with Crippen LogP contribution in [0.2, 0.25) is 0 Å². The van der Waals surface area contributed by atoms with Gasteiger partial charge in [0.25, 0.3) is 0 Å². The number of rotatable bonds is 1. The maximum Gasteiger partial charge on any atom is 0.119 e. The fourth-order valence-electron chi connectivity index (χ4n) is 2.57. The molecule has 2 unspecified atom stereocenters. The van der Waals surface area contributed by atoms with Crippen LogP contribution in [0.5, 0.6) is 0 Å². The summed E-state index contributed by atoms with van der Waals surface area (Å²) in [7, 11) is 0. The fourth-order valence-corrected chi connectivity index (χ4v) is 2.57. The molecule has 1 aliphatic carbocycles. The molecule has 0 bridgehead atoms. The van der Waals surface area contributed by atoms with Gasteiger partial charge in [-0.15, -0.1) is 0 Å². The van der Waals surface area contributed by atoms with Crippen molar-refractivity contribution < 1.29 is 5.11 Å². The zero-order valence-electron chi connectivity index (χ0n) is 8.66. The van der Waals surface area contributed by atoms with E-state index in [1.165, 1.54) is 36.0 Å². The molecule has 3 N–H and O–H groups in total. The van der Waals surface area contributed by atoms with Crippen molar-refractivity contribution >= 4 is 0 Å². The van der Waals surface area contributed by atoms with Crippen LogP contribution in [0.3, 0.4) is 0 Å². The molecule has 1 aliphatic heterocycles. The average molecular weight is 204 g/mol. The van der Waals surface area contributed by atoms with E-state index in [9.17, 15) is 5.11 Å². The molecule has 15 heavy (non-hydrogen) atoms.